The van der Waals surface area contributed by atoms with Gasteiger partial charge < -0.3 is 19.3 Å². The van der Waals surface area contributed by atoms with Crippen LogP contribution >= 0.6 is 0 Å². The molecule has 1 aromatic heterocycles. The molecule has 0 aliphatic carbocycles. The lowest BCUT2D eigenvalue weighted by atomic mass is 9.94. The third kappa shape index (κ3) is 3.90. The number of hydrogen-bond donors (Lipinski definition) is 1. The fraction of sp³-hybridized carbons (Fsp3) is 0.292. The zero-order chi connectivity index (χ0) is 23.1. The molecule has 0 saturated heterocycles. The van der Waals surface area contributed by atoms with E-state index in [9.17, 15) is 9.18 Å². The van der Waals surface area contributed by atoms with E-state index in [1.807, 2.05) is 26.8 Å². The lowest BCUT2D eigenvalue weighted by Crippen LogP contribution is -2.47. The topological polar surface area (TPSA) is 89.7 Å². The molecule has 33 heavy (non-hydrogen) atoms. The van der Waals surface area contributed by atoms with Crippen LogP contribution in [0, 0.1) is 11.7 Å². The van der Waals surface area contributed by atoms with Crippen LogP contribution in [-0.2, 0) is 0 Å². The van der Waals surface area contributed by atoms with Crippen LogP contribution < -0.4 is 14.8 Å². The summed E-state index contributed by atoms with van der Waals surface area (Å²) in [6.07, 6.45) is 0. The lowest BCUT2D eigenvalue weighted by molar-refractivity contribution is 0.174. The number of carbonyl (C=O) groups is 1. The van der Waals surface area contributed by atoms with Gasteiger partial charge in [-0.05, 0) is 48.7 Å². The third-order valence-corrected chi connectivity index (χ3v) is 5.63. The molecule has 1 unspecified atom stereocenters. The van der Waals surface area contributed by atoms with Crippen LogP contribution in [-0.4, -0.2) is 34.4 Å². The summed E-state index contributed by atoms with van der Waals surface area (Å²) in [5, 5.41) is 7.17. The van der Waals surface area contributed by atoms with Crippen LogP contribution in [0.1, 0.15) is 38.3 Å². The average Bonchev–Trinajstić information content (AvgIpc) is 3.46. The molecule has 1 N–H and O–H groups in total. The number of amides is 2. The maximum Gasteiger partial charge on any atom is 0.322 e. The minimum absolute atomic E-state index is 0.174. The Balaban J connectivity index is 1.58. The van der Waals surface area contributed by atoms with E-state index < -0.39 is 6.04 Å². The van der Waals surface area contributed by atoms with Crippen molar-refractivity contribution in [2.75, 3.05) is 13.3 Å². The predicted octanol–water partition coefficient (Wildman–Crippen LogP) is 4.76. The van der Waals surface area contributed by atoms with Crippen molar-refractivity contribution >= 4 is 11.6 Å². The maximum atomic E-state index is 13.6. The Morgan fingerprint density at radius 1 is 1.15 bits per heavy atom. The zero-order valence-corrected chi connectivity index (χ0v) is 18.5. The third-order valence-electron chi connectivity index (χ3n) is 5.63. The summed E-state index contributed by atoms with van der Waals surface area (Å²) in [7, 11) is 0. The van der Waals surface area contributed by atoms with Crippen molar-refractivity contribution in [2.45, 2.75) is 26.8 Å². The highest BCUT2D eigenvalue weighted by molar-refractivity contribution is 5.86. The SMILES string of the molecule is CC1=C(c2nc(-c3ccc4c(c3)OCO4)no2)C(c2ccc(F)cc2)NC(=O)N1CC(C)C. The van der Waals surface area contributed by atoms with Crippen LogP contribution in [0.4, 0.5) is 9.18 Å². The molecule has 0 saturated carbocycles. The van der Waals surface area contributed by atoms with Crippen molar-refractivity contribution in [3.63, 3.8) is 0 Å². The van der Waals surface area contributed by atoms with Gasteiger partial charge in [0, 0.05) is 17.8 Å². The minimum atomic E-state index is -0.563. The lowest BCUT2D eigenvalue weighted by Gasteiger charge is -2.36. The van der Waals surface area contributed by atoms with E-state index in [1.54, 1.807) is 29.2 Å². The molecule has 2 aliphatic heterocycles. The van der Waals surface area contributed by atoms with Gasteiger partial charge in [0.25, 0.3) is 5.89 Å². The molecule has 1 atom stereocenters. The number of fused-ring (bicyclic) bond motifs is 1. The number of aromatic nitrogens is 2. The number of urea groups is 1. The second kappa shape index (κ2) is 8.23. The van der Waals surface area contributed by atoms with E-state index >= 15 is 0 Å². The van der Waals surface area contributed by atoms with E-state index in [2.05, 4.69) is 15.5 Å². The highest BCUT2D eigenvalue weighted by Crippen LogP contribution is 2.39. The molecule has 9 heteroatoms. The highest BCUT2D eigenvalue weighted by atomic mass is 19.1. The fourth-order valence-electron chi connectivity index (χ4n) is 4.03. The summed E-state index contributed by atoms with van der Waals surface area (Å²) in [6, 6.07) is 10.6. The molecule has 5 rings (SSSR count). The molecular weight excluding hydrogens is 427 g/mol. The summed E-state index contributed by atoms with van der Waals surface area (Å²) in [4.78, 5) is 19.2. The van der Waals surface area contributed by atoms with Gasteiger partial charge in [-0.15, -0.1) is 0 Å². The largest absolute Gasteiger partial charge is 0.454 e. The predicted molar refractivity (Wildman–Crippen MR) is 118 cm³/mol. The van der Waals surface area contributed by atoms with Crippen LogP contribution in [0.2, 0.25) is 0 Å². The quantitative estimate of drug-likeness (QED) is 0.603. The number of carbonyl (C=O) groups excluding carboxylic acids is 1. The molecule has 3 aromatic rings. The number of allylic oxidation sites excluding steroid dienone is 1. The van der Waals surface area contributed by atoms with E-state index in [-0.39, 0.29) is 30.4 Å². The number of benzene rings is 2. The molecule has 0 spiro atoms. The molecule has 0 fully saturated rings. The number of rotatable bonds is 5. The van der Waals surface area contributed by atoms with Crippen molar-refractivity contribution in [1.29, 1.82) is 0 Å². The van der Waals surface area contributed by atoms with Gasteiger partial charge in [-0.2, -0.15) is 4.98 Å². The summed E-state index contributed by atoms with van der Waals surface area (Å²) in [5.74, 6) is 1.84. The number of nitrogens with zero attached hydrogens (tertiary/aromatic N) is 3. The average molecular weight is 450 g/mol. The van der Waals surface area contributed by atoms with Crippen molar-refractivity contribution < 1.29 is 23.2 Å². The van der Waals surface area contributed by atoms with Gasteiger partial charge in [-0.3, -0.25) is 4.90 Å². The Morgan fingerprint density at radius 3 is 2.67 bits per heavy atom. The Hall–Kier alpha value is -3.88. The first-order valence-corrected chi connectivity index (χ1v) is 10.7. The molecule has 0 radical (unpaired) electrons. The summed E-state index contributed by atoms with van der Waals surface area (Å²) < 4.78 is 30.0. The van der Waals surface area contributed by atoms with Crippen LogP contribution in [0.25, 0.3) is 17.0 Å². The number of nitrogens with one attached hydrogen (secondary N) is 1. The normalized spacial score (nSPS) is 17.7. The summed E-state index contributed by atoms with van der Waals surface area (Å²) in [5.41, 5.74) is 2.81. The van der Waals surface area contributed by atoms with Crippen LogP contribution in [0.3, 0.4) is 0 Å². The van der Waals surface area contributed by atoms with Crippen molar-refractivity contribution in [3.05, 3.63) is 65.4 Å². The van der Waals surface area contributed by atoms with E-state index in [1.165, 1.54) is 12.1 Å². The molecule has 170 valence electrons. The molecule has 2 aromatic carbocycles. The first-order chi connectivity index (χ1) is 15.9. The standard InChI is InChI=1S/C24H23FN4O4/c1-13(2)11-29-14(3)20(21(26-24(29)30)15-4-7-17(25)8-5-15)23-27-22(28-33-23)16-6-9-18-19(10-16)32-12-31-18/h4-10,13,21H,11-12H2,1-3H3,(H,26,30). The van der Waals surface area contributed by atoms with Gasteiger partial charge in [-0.25, -0.2) is 9.18 Å². The summed E-state index contributed by atoms with van der Waals surface area (Å²) in [6.45, 7) is 6.64. The first kappa shape index (κ1) is 21.0. The Labute approximate surface area is 190 Å². The number of ether oxygens (including phenoxy) is 2. The van der Waals surface area contributed by atoms with Gasteiger partial charge in [0.05, 0.1) is 11.6 Å². The monoisotopic (exact) mass is 450 g/mol. The smallest absolute Gasteiger partial charge is 0.322 e. The number of hydrogen-bond acceptors (Lipinski definition) is 6. The van der Waals surface area contributed by atoms with Crippen molar-refractivity contribution in [1.82, 2.24) is 20.4 Å². The van der Waals surface area contributed by atoms with Crippen LogP contribution in [0.5, 0.6) is 11.5 Å². The van der Waals surface area contributed by atoms with Crippen molar-refractivity contribution in [3.8, 4) is 22.9 Å². The van der Waals surface area contributed by atoms with Gasteiger partial charge in [0.1, 0.15) is 5.82 Å². The van der Waals surface area contributed by atoms with Gasteiger partial charge >= 0.3 is 6.03 Å². The highest BCUT2D eigenvalue weighted by Gasteiger charge is 2.36. The first-order valence-electron chi connectivity index (χ1n) is 10.7. The van der Waals surface area contributed by atoms with E-state index in [0.717, 1.165) is 0 Å². The second-order valence-corrected chi connectivity index (χ2v) is 8.43. The fourth-order valence-corrected chi connectivity index (χ4v) is 4.03. The molecular formula is C24H23FN4O4. The Morgan fingerprint density at radius 2 is 1.91 bits per heavy atom. The molecule has 2 aliphatic rings. The minimum Gasteiger partial charge on any atom is -0.454 e. The zero-order valence-electron chi connectivity index (χ0n) is 18.5. The molecule has 3 heterocycles. The number of halogens is 1. The van der Waals surface area contributed by atoms with Crippen LogP contribution in [0.15, 0.2) is 52.7 Å². The second-order valence-electron chi connectivity index (χ2n) is 8.43. The molecule has 2 amide bonds. The summed E-state index contributed by atoms with van der Waals surface area (Å²) >= 11 is 0. The van der Waals surface area contributed by atoms with Gasteiger partial charge in [0.2, 0.25) is 12.6 Å². The maximum absolute atomic E-state index is 13.6. The molecule has 0 bridgehead atoms. The Kier molecular flexibility index (Phi) is 5.24. The van der Waals surface area contributed by atoms with Gasteiger partial charge in [0.15, 0.2) is 11.5 Å². The van der Waals surface area contributed by atoms with Crippen molar-refractivity contribution in [2.24, 2.45) is 5.92 Å². The van der Waals surface area contributed by atoms with E-state index in [0.29, 0.717) is 46.3 Å². The van der Waals surface area contributed by atoms with Gasteiger partial charge in [-0.1, -0.05) is 31.1 Å². The Bertz CT molecular complexity index is 1240. The molecule has 8 nitrogen and oxygen atoms in total. The van der Waals surface area contributed by atoms with E-state index in [4.69, 9.17) is 14.0 Å².